The van der Waals surface area contributed by atoms with Crippen molar-refractivity contribution >= 4 is 0 Å². The van der Waals surface area contributed by atoms with Crippen molar-refractivity contribution in [3.8, 4) is 0 Å². The summed E-state index contributed by atoms with van der Waals surface area (Å²) in [6.07, 6.45) is 0. The van der Waals surface area contributed by atoms with Gasteiger partial charge in [-0.2, -0.15) is 0 Å². The first-order chi connectivity index (χ1) is 6.21. The zero-order valence-corrected chi connectivity index (χ0v) is 10.6. The van der Waals surface area contributed by atoms with Crippen LogP contribution in [0, 0.1) is 5.41 Å². The molecule has 0 aliphatic carbocycles. The second kappa shape index (κ2) is 3.82. The van der Waals surface area contributed by atoms with E-state index >= 15 is 0 Å². The lowest BCUT2D eigenvalue weighted by atomic mass is 9.92. The SMILES string of the molecule is CC(C)(C)C1CN1.CC(C)(C)N1CC1. The Morgan fingerprint density at radius 3 is 1.43 bits per heavy atom. The first kappa shape index (κ1) is 12.0. The normalized spacial score (nSPS) is 26.6. The van der Waals surface area contributed by atoms with Crippen LogP contribution in [0.5, 0.6) is 0 Å². The fourth-order valence-corrected chi connectivity index (χ4v) is 1.39. The van der Waals surface area contributed by atoms with Crippen LogP contribution in [-0.2, 0) is 0 Å². The minimum absolute atomic E-state index is 0.444. The summed E-state index contributed by atoms with van der Waals surface area (Å²) in [6, 6.07) is 0.799. The highest BCUT2D eigenvalue weighted by atomic mass is 15.3. The molecule has 2 rings (SSSR count). The van der Waals surface area contributed by atoms with Gasteiger partial charge in [0, 0.05) is 31.2 Å². The molecule has 2 aliphatic heterocycles. The second-order valence-electron chi connectivity index (χ2n) is 6.48. The molecule has 14 heavy (non-hydrogen) atoms. The fraction of sp³-hybridized carbons (Fsp3) is 1.00. The molecule has 2 nitrogen and oxygen atoms in total. The Labute approximate surface area is 89.1 Å². The molecule has 0 bridgehead atoms. The average Bonchev–Trinajstić information content (AvgIpc) is 2.81. The first-order valence-corrected chi connectivity index (χ1v) is 5.70. The molecule has 0 amide bonds. The van der Waals surface area contributed by atoms with Gasteiger partial charge in [0.2, 0.25) is 0 Å². The summed E-state index contributed by atoms with van der Waals surface area (Å²) < 4.78 is 0. The first-order valence-electron chi connectivity index (χ1n) is 5.70. The Bertz CT molecular complexity index is 155. The van der Waals surface area contributed by atoms with Crippen LogP contribution in [-0.4, -0.2) is 36.1 Å². The summed E-state index contributed by atoms with van der Waals surface area (Å²) in [5.74, 6) is 0. The van der Waals surface area contributed by atoms with E-state index in [2.05, 4.69) is 51.8 Å². The largest absolute Gasteiger partial charge is 0.311 e. The highest BCUT2D eigenvalue weighted by Gasteiger charge is 2.32. The molecule has 2 fully saturated rings. The maximum Gasteiger partial charge on any atom is 0.0241 e. The number of hydrogen-bond donors (Lipinski definition) is 1. The zero-order valence-electron chi connectivity index (χ0n) is 10.6. The lowest BCUT2D eigenvalue weighted by Gasteiger charge is -2.18. The van der Waals surface area contributed by atoms with Crippen molar-refractivity contribution in [1.29, 1.82) is 0 Å². The van der Waals surface area contributed by atoms with E-state index in [0.717, 1.165) is 6.04 Å². The van der Waals surface area contributed by atoms with Crippen LogP contribution in [0.2, 0.25) is 0 Å². The van der Waals surface area contributed by atoms with Gasteiger partial charge in [0.15, 0.2) is 0 Å². The standard InChI is InChI=1S/2C6H13N/c1-6(2,3)7-4-5-7;1-6(2,3)5-4-7-5/h4-5H2,1-3H3;5,7H,4H2,1-3H3. The molecule has 0 aromatic heterocycles. The van der Waals surface area contributed by atoms with E-state index in [4.69, 9.17) is 0 Å². The molecule has 84 valence electrons. The summed E-state index contributed by atoms with van der Waals surface area (Å²) in [5, 5.41) is 3.27. The van der Waals surface area contributed by atoms with Crippen molar-refractivity contribution in [1.82, 2.24) is 10.2 Å². The van der Waals surface area contributed by atoms with Crippen molar-refractivity contribution in [2.75, 3.05) is 19.6 Å². The van der Waals surface area contributed by atoms with Gasteiger partial charge in [0.1, 0.15) is 0 Å². The number of nitrogens with one attached hydrogen (secondary N) is 1. The molecule has 0 spiro atoms. The molecule has 1 unspecified atom stereocenters. The van der Waals surface area contributed by atoms with Gasteiger partial charge in [-0.1, -0.05) is 20.8 Å². The van der Waals surface area contributed by atoms with E-state index in [9.17, 15) is 0 Å². The highest BCUT2D eigenvalue weighted by molar-refractivity contribution is 4.93. The predicted molar refractivity (Wildman–Crippen MR) is 62.6 cm³/mol. The van der Waals surface area contributed by atoms with Gasteiger partial charge in [-0.25, -0.2) is 0 Å². The van der Waals surface area contributed by atoms with Crippen LogP contribution in [0.25, 0.3) is 0 Å². The molecule has 1 atom stereocenters. The van der Waals surface area contributed by atoms with Crippen molar-refractivity contribution < 1.29 is 0 Å². The predicted octanol–water partition coefficient (Wildman–Crippen LogP) is 2.10. The highest BCUT2D eigenvalue weighted by Crippen LogP contribution is 2.24. The summed E-state index contributed by atoms with van der Waals surface area (Å²) >= 11 is 0. The van der Waals surface area contributed by atoms with Gasteiger partial charge in [-0.15, -0.1) is 0 Å². The van der Waals surface area contributed by atoms with Gasteiger partial charge < -0.3 is 5.32 Å². The molecule has 0 aromatic carbocycles. The molecule has 0 saturated carbocycles. The summed E-state index contributed by atoms with van der Waals surface area (Å²) in [5.41, 5.74) is 0.944. The van der Waals surface area contributed by atoms with Crippen LogP contribution in [0.3, 0.4) is 0 Å². The molecular weight excluding hydrogens is 172 g/mol. The lowest BCUT2D eigenvalue weighted by molar-refractivity contribution is 0.311. The van der Waals surface area contributed by atoms with Gasteiger partial charge in [0.05, 0.1) is 0 Å². The van der Waals surface area contributed by atoms with E-state index in [1.54, 1.807) is 0 Å². The molecule has 2 heterocycles. The van der Waals surface area contributed by atoms with E-state index in [-0.39, 0.29) is 0 Å². The Morgan fingerprint density at radius 1 is 1.00 bits per heavy atom. The van der Waals surface area contributed by atoms with Crippen LogP contribution < -0.4 is 5.32 Å². The lowest BCUT2D eigenvalue weighted by Crippen LogP contribution is -2.25. The monoisotopic (exact) mass is 198 g/mol. The van der Waals surface area contributed by atoms with E-state index in [0.29, 0.717) is 11.0 Å². The average molecular weight is 198 g/mol. The Morgan fingerprint density at radius 2 is 1.43 bits per heavy atom. The molecule has 2 heteroatoms. The molecule has 2 saturated heterocycles. The summed E-state index contributed by atoms with van der Waals surface area (Å²) in [4.78, 5) is 2.44. The minimum atomic E-state index is 0.444. The summed E-state index contributed by atoms with van der Waals surface area (Å²) in [6.45, 7) is 17.4. The second-order valence-corrected chi connectivity index (χ2v) is 6.48. The number of hydrogen-bond acceptors (Lipinski definition) is 2. The molecule has 0 radical (unpaired) electrons. The van der Waals surface area contributed by atoms with E-state index in [1.807, 2.05) is 0 Å². The number of nitrogens with zero attached hydrogens (tertiary/aromatic N) is 1. The molecule has 0 aromatic rings. The molecular formula is C12H26N2. The summed E-state index contributed by atoms with van der Waals surface area (Å²) in [7, 11) is 0. The van der Waals surface area contributed by atoms with Crippen LogP contribution in [0.4, 0.5) is 0 Å². The van der Waals surface area contributed by atoms with Crippen molar-refractivity contribution in [2.24, 2.45) is 5.41 Å². The van der Waals surface area contributed by atoms with E-state index in [1.165, 1.54) is 19.6 Å². The molecule has 2 aliphatic rings. The maximum absolute atomic E-state index is 3.27. The van der Waals surface area contributed by atoms with Gasteiger partial charge >= 0.3 is 0 Å². The third kappa shape index (κ3) is 4.43. The number of rotatable bonds is 0. The van der Waals surface area contributed by atoms with Crippen LogP contribution in [0.15, 0.2) is 0 Å². The fourth-order valence-electron chi connectivity index (χ4n) is 1.39. The van der Waals surface area contributed by atoms with Crippen molar-refractivity contribution in [3.63, 3.8) is 0 Å². The Hall–Kier alpha value is -0.0800. The van der Waals surface area contributed by atoms with Gasteiger partial charge in [-0.05, 0) is 26.2 Å². The third-order valence-corrected chi connectivity index (χ3v) is 2.85. The topological polar surface area (TPSA) is 25.0 Å². The minimum Gasteiger partial charge on any atom is -0.311 e. The smallest absolute Gasteiger partial charge is 0.0241 e. The quantitative estimate of drug-likeness (QED) is 0.603. The maximum atomic E-state index is 3.27. The van der Waals surface area contributed by atoms with E-state index < -0.39 is 0 Å². The van der Waals surface area contributed by atoms with Crippen LogP contribution in [0.1, 0.15) is 41.5 Å². The Kier molecular flexibility index (Phi) is 3.27. The Balaban J connectivity index is 0.000000140. The third-order valence-electron chi connectivity index (χ3n) is 2.85. The van der Waals surface area contributed by atoms with Gasteiger partial charge in [0.25, 0.3) is 0 Å². The van der Waals surface area contributed by atoms with Crippen molar-refractivity contribution in [3.05, 3.63) is 0 Å². The van der Waals surface area contributed by atoms with Crippen LogP contribution >= 0.6 is 0 Å². The van der Waals surface area contributed by atoms with Crippen molar-refractivity contribution in [2.45, 2.75) is 53.1 Å². The molecule has 1 N–H and O–H groups in total. The van der Waals surface area contributed by atoms with Gasteiger partial charge in [-0.3, -0.25) is 4.90 Å². The zero-order chi connectivity index (χ0) is 11.0.